The Morgan fingerprint density at radius 3 is 1.88 bits per heavy atom. The monoisotopic (exact) mass is 223 g/mol. The van der Waals surface area contributed by atoms with Crippen LogP contribution in [0, 0.1) is 5.92 Å². The lowest BCUT2D eigenvalue weighted by atomic mass is 9.91. The summed E-state index contributed by atoms with van der Waals surface area (Å²) in [5.74, 6) is 0.693. The van der Waals surface area contributed by atoms with Gasteiger partial charge >= 0.3 is 0 Å². The largest absolute Gasteiger partial charge is 0.317 e. The lowest BCUT2D eigenvalue weighted by molar-refractivity contribution is 0.426. The Hall–Kier alpha value is -0.820. The van der Waals surface area contributed by atoms with E-state index < -0.39 is 0 Å². The van der Waals surface area contributed by atoms with Crippen LogP contribution in [0.3, 0.4) is 0 Å². The molecule has 0 aromatic heterocycles. The molecular formula is C15H29N. The molecule has 1 aliphatic heterocycles. The fraction of sp³-hybridized carbons (Fsp3) is 0.600. The van der Waals surface area contributed by atoms with E-state index in [9.17, 15) is 0 Å². The first-order valence-electron chi connectivity index (χ1n) is 6.35. The summed E-state index contributed by atoms with van der Waals surface area (Å²) in [6.07, 6.45) is 8.34. The van der Waals surface area contributed by atoms with Crippen LogP contribution in [-0.2, 0) is 0 Å². The maximum atomic E-state index is 3.95. The van der Waals surface area contributed by atoms with Crippen molar-refractivity contribution in [2.24, 2.45) is 5.92 Å². The highest BCUT2D eigenvalue weighted by Gasteiger charge is 2.13. The van der Waals surface area contributed by atoms with E-state index in [0.29, 0.717) is 5.92 Å². The highest BCUT2D eigenvalue weighted by Crippen LogP contribution is 2.19. The number of nitrogens with one attached hydrogen (secondary N) is 1. The van der Waals surface area contributed by atoms with E-state index in [1.54, 1.807) is 0 Å². The minimum Gasteiger partial charge on any atom is -0.317 e. The van der Waals surface area contributed by atoms with Gasteiger partial charge in [0.2, 0.25) is 0 Å². The number of rotatable bonds is 2. The molecule has 1 nitrogen and oxygen atoms in total. The minimum atomic E-state index is 0.693. The summed E-state index contributed by atoms with van der Waals surface area (Å²) >= 11 is 0. The maximum Gasteiger partial charge on any atom is -0.00431 e. The van der Waals surface area contributed by atoms with Crippen molar-refractivity contribution in [2.45, 2.75) is 40.5 Å². The Labute approximate surface area is 102 Å². The van der Waals surface area contributed by atoms with Crippen molar-refractivity contribution >= 4 is 0 Å². The molecular weight excluding hydrogens is 194 g/mol. The molecule has 0 aromatic rings. The van der Waals surface area contributed by atoms with Gasteiger partial charge in [0.15, 0.2) is 0 Å². The van der Waals surface area contributed by atoms with E-state index in [2.05, 4.69) is 18.5 Å². The second-order valence-corrected chi connectivity index (χ2v) is 3.47. The fourth-order valence-corrected chi connectivity index (χ4v) is 1.36. The van der Waals surface area contributed by atoms with Gasteiger partial charge in [-0.15, -0.1) is 0 Å². The molecule has 1 rings (SSSR count). The Kier molecular flexibility index (Phi) is 15.6. The molecule has 1 aliphatic rings. The van der Waals surface area contributed by atoms with E-state index in [4.69, 9.17) is 0 Å². The first-order chi connectivity index (χ1) is 7.76. The fourth-order valence-electron chi connectivity index (χ4n) is 1.36. The quantitative estimate of drug-likeness (QED) is 0.542. The van der Waals surface area contributed by atoms with Gasteiger partial charge in [-0.3, -0.25) is 0 Å². The Morgan fingerprint density at radius 1 is 1.12 bits per heavy atom. The van der Waals surface area contributed by atoms with E-state index in [0.717, 1.165) is 13.1 Å². The summed E-state index contributed by atoms with van der Waals surface area (Å²) in [5.41, 5.74) is 1.21. The van der Waals surface area contributed by atoms with Gasteiger partial charge < -0.3 is 5.32 Å². The van der Waals surface area contributed by atoms with Gasteiger partial charge in [-0.25, -0.2) is 0 Å². The third-order valence-electron chi connectivity index (χ3n) is 2.46. The molecule has 1 saturated heterocycles. The first kappa shape index (κ1) is 17.6. The van der Waals surface area contributed by atoms with Crippen molar-refractivity contribution in [2.75, 3.05) is 13.1 Å². The van der Waals surface area contributed by atoms with Gasteiger partial charge in [0.1, 0.15) is 0 Å². The smallest absolute Gasteiger partial charge is 0.00431 e. The molecule has 0 amide bonds. The van der Waals surface area contributed by atoms with E-state index in [1.165, 1.54) is 18.4 Å². The van der Waals surface area contributed by atoms with Crippen LogP contribution in [0.2, 0.25) is 0 Å². The van der Waals surface area contributed by atoms with Crippen LogP contribution in [0.25, 0.3) is 0 Å². The van der Waals surface area contributed by atoms with Crippen molar-refractivity contribution in [3.05, 3.63) is 37.0 Å². The van der Waals surface area contributed by atoms with Crippen molar-refractivity contribution in [1.82, 2.24) is 5.32 Å². The second kappa shape index (κ2) is 14.2. The van der Waals surface area contributed by atoms with Gasteiger partial charge in [-0.2, -0.15) is 0 Å². The molecule has 0 saturated carbocycles. The maximum absolute atomic E-state index is 3.95. The summed E-state index contributed by atoms with van der Waals surface area (Å²) in [7, 11) is 0. The summed E-state index contributed by atoms with van der Waals surface area (Å²) in [4.78, 5) is 0. The molecule has 0 aromatic carbocycles. The SMILES string of the molecule is C/C=C\C.C=CC(=C)C1CCNCC1.CC. The highest BCUT2D eigenvalue weighted by molar-refractivity contribution is 5.15. The number of hydrogen-bond donors (Lipinski definition) is 1. The Morgan fingerprint density at radius 2 is 1.56 bits per heavy atom. The van der Waals surface area contributed by atoms with Crippen LogP contribution < -0.4 is 5.32 Å². The molecule has 94 valence electrons. The van der Waals surface area contributed by atoms with Crippen LogP contribution in [0.1, 0.15) is 40.5 Å². The van der Waals surface area contributed by atoms with Gasteiger partial charge in [-0.05, 0) is 45.7 Å². The van der Waals surface area contributed by atoms with Crippen molar-refractivity contribution in [3.8, 4) is 0 Å². The highest BCUT2D eigenvalue weighted by atomic mass is 14.9. The van der Waals surface area contributed by atoms with E-state index in [-0.39, 0.29) is 0 Å². The lowest BCUT2D eigenvalue weighted by Gasteiger charge is -2.22. The summed E-state index contributed by atoms with van der Waals surface area (Å²) in [6, 6.07) is 0. The summed E-state index contributed by atoms with van der Waals surface area (Å²) in [5, 5.41) is 3.32. The van der Waals surface area contributed by atoms with E-state index in [1.807, 2.05) is 45.9 Å². The average Bonchev–Trinajstić information content (AvgIpc) is 2.41. The van der Waals surface area contributed by atoms with Gasteiger partial charge in [0.25, 0.3) is 0 Å². The summed E-state index contributed by atoms with van der Waals surface area (Å²) in [6.45, 7) is 17.9. The van der Waals surface area contributed by atoms with Crippen molar-refractivity contribution < 1.29 is 0 Å². The molecule has 1 N–H and O–H groups in total. The number of hydrogen-bond acceptors (Lipinski definition) is 1. The average molecular weight is 223 g/mol. The Bertz CT molecular complexity index is 182. The first-order valence-corrected chi connectivity index (χ1v) is 6.35. The molecule has 1 heteroatoms. The number of piperidine rings is 1. The molecule has 0 bridgehead atoms. The predicted octanol–water partition coefficient (Wildman–Crippen LogP) is 4.34. The molecule has 0 unspecified atom stereocenters. The standard InChI is InChI=1S/C9H15N.C4H8.C2H6/c1-3-8(2)9-4-6-10-7-5-9;1-3-4-2;1-2/h3,9-10H,1-2,4-7H2;3-4H,1-2H3;1-2H3/b;4-3-;. The molecule has 16 heavy (non-hydrogen) atoms. The third kappa shape index (κ3) is 9.72. The molecule has 0 aliphatic carbocycles. The zero-order valence-electron chi connectivity index (χ0n) is 11.6. The molecule has 0 radical (unpaired) electrons. The van der Waals surface area contributed by atoms with Crippen LogP contribution in [0.5, 0.6) is 0 Å². The second-order valence-electron chi connectivity index (χ2n) is 3.47. The van der Waals surface area contributed by atoms with Crippen LogP contribution in [0.15, 0.2) is 37.0 Å². The predicted molar refractivity (Wildman–Crippen MR) is 76.8 cm³/mol. The molecule has 0 spiro atoms. The molecule has 1 heterocycles. The lowest BCUT2D eigenvalue weighted by Crippen LogP contribution is -2.28. The Balaban J connectivity index is 0. The van der Waals surface area contributed by atoms with Gasteiger partial charge in [0.05, 0.1) is 0 Å². The van der Waals surface area contributed by atoms with Crippen molar-refractivity contribution in [1.29, 1.82) is 0 Å². The molecule has 0 atom stereocenters. The van der Waals surface area contributed by atoms with Crippen LogP contribution >= 0.6 is 0 Å². The van der Waals surface area contributed by atoms with Gasteiger partial charge in [-0.1, -0.05) is 50.8 Å². The zero-order chi connectivity index (χ0) is 12.8. The summed E-state index contributed by atoms with van der Waals surface area (Å²) < 4.78 is 0. The minimum absolute atomic E-state index is 0.693. The third-order valence-corrected chi connectivity index (χ3v) is 2.46. The van der Waals surface area contributed by atoms with Crippen LogP contribution in [0.4, 0.5) is 0 Å². The van der Waals surface area contributed by atoms with Crippen LogP contribution in [-0.4, -0.2) is 13.1 Å². The van der Waals surface area contributed by atoms with Gasteiger partial charge in [0, 0.05) is 0 Å². The molecule has 1 fully saturated rings. The number of allylic oxidation sites excluding steroid dienone is 4. The van der Waals surface area contributed by atoms with E-state index >= 15 is 0 Å². The zero-order valence-corrected chi connectivity index (χ0v) is 11.6. The van der Waals surface area contributed by atoms with Crippen molar-refractivity contribution in [3.63, 3.8) is 0 Å². The normalized spacial score (nSPS) is 15.5. The topological polar surface area (TPSA) is 12.0 Å².